The second-order valence-electron chi connectivity index (χ2n) is 6.41. The molecule has 122 valence electrons. The Bertz CT molecular complexity index is 498. The molecule has 1 aromatic heterocycles. The third kappa shape index (κ3) is 3.58. The van der Waals surface area contributed by atoms with Crippen molar-refractivity contribution in [3.63, 3.8) is 0 Å². The van der Waals surface area contributed by atoms with Gasteiger partial charge in [0.25, 0.3) is 0 Å². The van der Waals surface area contributed by atoms with Crippen LogP contribution in [0.3, 0.4) is 0 Å². The van der Waals surface area contributed by atoms with E-state index in [1.54, 1.807) is 11.2 Å². The highest BCUT2D eigenvalue weighted by Gasteiger charge is 2.24. The minimum Gasteiger partial charge on any atom is -0.396 e. The lowest BCUT2D eigenvalue weighted by atomic mass is 9.96. The van der Waals surface area contributed by atoms with Gasteiger partial charge in [0.15, 0.2) is 0 Å². The monoisotopic (exact) mass is 307 g/mol. The molecule has 0 unspecified atom stereocenters. The SMILES string of the molecule is O=C(Nc1ncn(C2CCCCC2)n1)N1CCC[C@@H](CO)C1. The molecule has 1 aliphatic carbocycles. The third-order valence-corrected chi connectivity index (χ3v) is 4.74. The van der Waals surface area contributed by atoms with Gasteiger partial charge in [-0.2, -0.15) is 0 Å². The van der Waals surface area contributed by atoms with Gasteiger partial charge in [-0.25, -0.2) is 14.5 Å². The van der Waals surface area contributed by atoms with E-state index in [1.807, 2.05) is 4.68 Å². The lowest BCUT2D eigenvalue weighted by Crippen LogP contribution is -2.43. The molecule has 7 nitrogen and oxygen atoms in total. The Hall–Kier alpha value is -1.63. The van der Waals surface area contributed by atoms with Gasteiger partial charge in [-0.3, -0.25) is 5.32 Å². The normalized spacial score (nSPS) is 23.5. The van der Waals surface area contributed by atoms with E-state index >= 15 is 0 Å². The molecule has 3 rings (SSSR count). The molecule has 2 fully saturated rings. The van der Waals surface area contributed by atoms with E-state index in [4.69, 9.17) is 0 Å². The van der Waals surface area contributed by atoms with E-state index in [0.717, 1.165) is 32.2 Å². The Balaban J connectivity index is 1.56. The van der Waals surface area contributed by atoms with Gasteiger partial charge in [-0.05, 0) is 31.6 Å². The molecule has 0 spiro atoms. The summed E-state index contributed by atoms with van der Waals surface area (Å²) < 4.78 is 1.89. The molecule has 1 aliphatic heterocycles. The first-order valence-corrected chi connectivity index (χ1v) is 8.34. The van der Waals surface area contributed by atoms with Gasteiger partial charge >= 0.3 is 6.03 Å². The summed E-state index contributed by atoms with van der Waals surface area (Å²) in [6.45, 7) is 1.47. The highest BCUT2D eigenvalue weighted by atomic mass is 16.3. The molecule has 1 saturated carbocycles. The van der Waals surface area contributed by atoms with Gasteiger partial charge in [0.05, 0.1) is 6.04 Å². The Kier molecular flexibility index (Phi) is 4.92. The van der Waals surface area contributed by atoms with Crippen molar-refractivity contribution < 1.29 is 9.90 Å². The van der Waals surface area contributed by atoms with Crippen molar-refractivity contribution in [1.29, 1.82) is 0 Å². The zero-order chi connectivity index (χ0) is 15.4. The quantitative estimate of drug-likeness (QED) is 0.895. The molecule has 0 bridgehead atoms. The van der Waals surface area contributed by atoms with Crippen LogP contribution < -0.4 is 5.32 Å². The standard InChI is InChI=1S/C15H25N5O2/c21-10-12-5-4-8-19(9-12)15(22)17-14-16-11-20(18-14)13-6-2-1-3-7-13/h11-13,21H,1-10H2,(H,17,18,22)/t12-/m1/s1. The number of likely N-dealkylation sites (tertiary alicyclic amines) is 1. The fraction of sp³-hybridized carbons (Fsp3) is 0.800. The molecular weight excluding hydrogens is 282 g/mol. The maximum absolute atomic E-state index is 12.3. The van der Waals surface area contributed by atoms with Crippen LogP contribution in [0.4, 0.5) is 10.7 Å². The summed E-state index contributed by atoms with van der Waals surface area (Å²) >= 11 is 0. The number of aliphatic hydroxyl groups is 1. The van der Waals surface area contributed by atoms with Crippen LogP contribution in [0, 0.1) is 5.92 Å². The molecule has 2 heterocycles. The largest absolute Gasteiger partial charge is 0.396 e. The maximum atomic E-state index is 12.3. The smallest absolute Gasteiger partial charge is 0.324 e. The van der Waals surface area contributed by atoms with Crippen LogP contribution >= 0.6 is 0 Å². The second kappa shape index (κ2) is 7.09. The molecule has 2 N–H and O–H groups in total. The van der Waals surface area contributed by atoms with Crippen molar-refractivity contribution in [2.75, 3.05) is 25.0 Å². The minimum atomic E-state index is -0.167. The topological polar surface area (TPSA) is 83.3 Å². The molecule has 1 atom stereocenters. The van der Waals surface area contributed by atoms with Gasteiger partial charge in [0, 0.05) is 19.7 Å². The summed E-state index contributed by atoms with van der Waals surface area (Å²) in [5.41, 5.74) is 0. The first-order valence-electron chi connectivity index (χ1n) is 8.34. The van der Waals surface area contributed by atoms with Gasteiger partial charge in [0.2, 0.25) is 5.95 Å². The average molecular weight is 307 g/mol. The number of nitrogens with zero attached hydrogens (tertiary/aromatic N) is 4. The van der Waals surface area contributed by atoms with Crippen molar-refractivity contribution >= 4 is 12.0 Å². The van der Waals surface area contributed by atoms with Gasteiger partial charge < -0.3 is 10.0 Å². The Morgan fingerprint density at radius 3 is 2.86 bits per heavy atom. The third-order valence-electron chi connectivity index (χ3n) is 4.74. The van der Waals surface area contributed by atoms with E-state index < -0.39 is 0 Å². The molecule has 1 aromatic rings. The Morgan fingerprint density at radius 1 is 1.27 bits per heavy atom. The fourth-order valence-corrected chi connectivity index (χ4v) is 3.43. The van der Waals surface area contributed by atoms with Crippen molar-refractivity contribution in [3.05, 3.63) is 6.33 Å². The van der Waals surface area contributed by atoms with Crippen LogP contribution in [0.25, 0.3) is 0 Å². The molecule has 7 heteroatoms. The number of piperidine rings is 1. The summed E-state index contributed by atoms with van der Waals surface area (Å²) in [7, 11) is 0. The summed E-state index contributed by atoms with van der Waals surface area (Å²) in [6, 6.07) is 0.250. The number of amides is 2. The number of carbonyl (C=O) groups is 1. The van der Waals surface area contributed by atoms with E-state index in [9.17, 15) is 9.90 Å². The first kappa shape index (κ1) is 15.3. The van der Waals surface area contributed by atoms with Gasteiger partial charge in [-0.1, -0.05) is 19.3 Å². The number of carbonyl (C=O) groups excluding carboxylic acids is 1. The number of hydrogen-bond donors (Lipinski definition) is 2. The highest BCUT2D eigenvalue weighted by Crippen LogP contribution is 2.27. The van der Waals surface area contributed by atoms with Gasteiger partial charge in [0.1, 0.15) is 6.33 Å². The number of hydrogen-bond acceptors (Lipinski definition) is 4. The zero-order valence-electron chi connectivity index (χ0n) is 12.9. The first-order chi connectivity index (χ1) is 10.8. The Labute approximate surface area is 130 Å². The summed E-state index contributed by atoms with van der Waals surface area (Å²) in [6.07, 6.45) is 9.69. The van der Waals surface area contributed by atoms with E-state index in [-0.39, 0.29) is 18.6 Å². The molecule has 2 amide bonds. The van der Waals surface area contributed by atoms with Crippen LogP contribution in [-0.4, -0.2) is 50.5 Å². The average Bonchev–Trinajstić information content (AvgIpc) is 3.04. The fourth-order valence-electron chi connectivity index (χ4n) is 3.43. The molecule has 1 saturated heterocycles. The lowest BCUT2D eigenvalue weighted by molar-refractivity contribution is 0.136. The molecule has 0 radical (unpaired) electrons. The van der Waals surface area contributed by atoms with E-state index in [2.05, 4.69) is 15.4 Å². The van der Waals surface area contributed by atoms with Crippen molar-refractivity contribution in [3.8, 4) is 0 Å². The van der Waals surface area contributed by atoms with Crippen molar-refractivity contribution in [1.82, 2.24) is 19.7 Å². The van der Waals surface area contributed by atoms with E-state index in [1.165, 1.54) is 19.3 Å². The molecule has 22 heavy (non-hydrogen) atoms. The van der Waals surface area contributed by atoms with Crippen LogP contribution in [0.2, 0.25) is 0 Å². The van der Waals surface area contributed by atoms with Crippen molar-refractivity contribution in [2.45, 2.75) is 51.0 Å². The number of rotatable bonds is 3. The Morgan fingerprint density at radius 2 is 2.09 bits per heavy atom. The molecule has 0 aromatic carbocycles. The number of anilines is 1. The molecular formula is C15H25N5O2. The number of aliphatic hydroxyl groups excluding tert-OH is 1. The number of nitrogens with one attached hydrogen (secondary N) is 1. The lowest BCUT2D eigenvalue weighted by Gasteiger charge is -2.31. The predicted molar refractivity (Wildman–Crippen MR) is 82.5 cm³/mol. The van der Waals surface area contributed by atoms with Crippen molar-refractivity contribution in [2.24, 2.45) is 5.92 Å². The zero-order valence-corrected chi connectivity index (χ0v) is 12.9. The number of urea groups is 1. The maximum Gasteiger partial charge on any atom is 0.324 e. The van der Waals surface area contributed by atoms with Crippen LogP contribution in [0.1, 0.15) is 51.0 Å². The summed E-state index contributed by atoms with van der Waals surface area (Å²) in [5.74, 6) is 0.564. The summed E-state index contributed by atoms with van der Waals surface area (Å²) in [5, 5.41) is 16.4. The van der Waals surface area contributed by atoms with Crippen LogP contribution in [0.5, 0.6) is 0 Å². The minimum absolute atomic E-state index is 0.137. The van der Waals surface area contributed by atoms with Crippen LogP contribution in [0.15, 0.2) is 6.33 Å². The number of aromatic nitrogens is 3. The molecule has 2 aliphatic rings. The second-order valence-corrected chi connectivity index (χ2v) is 6.41. The van der Waals surface area contributed by atoms with Gasteiger partial charge in [-0.15, -0.1) is 5.10 Å². The van der Waals surface area contributed by atoms with Crippen LogP contribution in [-0.2, 0) is 0 Å². The summed E-state index contributed by atoms with van der Waals surface area (Å²) in [4.78, 5) is 18.2. The highest BCUT2D eigenvalue weighted by molar-refractivity contribution is 5.87. The predicted octanol–water partition coefficient (Wildman–Crippen LogP) is 2.02. The van der Waals surface area contributed by atoms with E-state index in [0.29, 0.717) is 18.5 Å².